The summed E-state index contributed by atoms with van der Waals surface area (Å²) in [4.78, 5) is 61.1. The van der Waals surface area contributed by atoms with Gasteiger partial charge in [-0.05, 0) is 81.4 Å². The Labute approximate surface area is 269 Å². The summed E-state index contributed by atoms with van der Waals surface area (Å²) < 4.78 is 13.7. The van der Waals surface area contributed by atoms with Gasteiger partial charge in [0.15, 0.2) is 0 Å². The first-order chi connectivity index (χ1) is 22.3. The zero-order chi connectivity index (χ0) is 32.0. The van der Waals surface area contributed by atoms with E-state index in [1.165, 1.54) is 37.5 Å². The Morgan fingerprint density at radius 2 is 1.54 bits per heavy atom. The summed E-state index contributed by atoms with van der Waals surface area (Å²) >= 11 is 0. The summed E-state index contributed by atoms with van der Waals surface area (Å²) in [7, 11) is 0. The quantitative estimate of drug-likeness (QED) is 0.422. The van der Waals surface area contributed by atoms with Crippen LogP contribution in [0.2, 0.25) is 0 Å². The van der Waals surface area contributed by atoms with E-state index in [4.69, 9.17) is 0 Å². The van der Waals surface area contributed by atoms with Gasteiger partial charge in [-0.15, -0.1) is 0 Å². The van der Waals surface area contributed by atoms with E-state index < -0.39 is 17.9 Å². The van der Waals surface area contributed by atoms with Crippen molar-refractivity contribution >= 4 is 35.3 Å². The fourth-order valence-electron chi connectivity index (χ4n) is 7.30. The molecule has 4 heterocycles. The molecule has 6 amide bonds. The number of para-hydroxylation sites is 1. The number of carbonyl (C=O) groups is 4. The lowest BCUT2D eigenvalue weighted by molar-refractivity contribution is -0.140. The molecule has 0 bridgehead atoms. The minimum Gasteiger partial charge on any atom is -0.342 e. The van der Waals surface area contributed by atoms with Crippen molar-refractivity contribution in [2.45, 2.75) is 76.0 Å². The summed E-state index contributed by atoms with van der Waals surface area (Å²) in [5.41, 5.74) is 2.14. The molecule has 0 aliphatic carbocycles. The van der Waals surface area contributed by atoms with Gasteiger partial charge in [-0.3, -0.25) is 9.59 Å². The topological polar surface area (TPSA) is 117 Å². The number of likely N-dealkylation sites (tertiary alicyclic amines) is 3. The molecule has 6 rings (SSSR count). The maximum absolute atomic E-state index is 13.8. The van der Waals surface area contributed by atoms with Crippen LogP contribution in [0.15, 0.2) is 48.5 Å². The van der Waals surface area contributed by atoms with Crippen molar-refractivity contribution in [3.8, 4) is 0 Å². The number of hydrogen-bond donors (Lipinski definition) is 3. The molecule has 12 heteroatoms. The number of fused-ring (bicyclic) bond motifs is 1. The number of carbonyl (C=O) groups excluding carboxylic acids is 4. The molecule has 1 atom stereocenters. The number of hydrogen-bond acceptors (Lipinski definition) is 5. The third-order valence-corrected chi connectivity index (χ3v) is 9.87. The first-order valence-electron chi connectivity index (χ1n) is 16.6. The van der Waals surface area contributed by atoms with Gasteiger partial charge in [0.05, 0.1) is 6.42 Å². The monoisotopic (exact) mass is 633 g/mol. The number of halogens is 1. The van der Waals surface area contributed by atoms with E-state index in [9.17, 15) is 23.6 Å². The Morgan fingerprint density at radius 1 is 0.848 bits per heavy atom. The van der Waals surface area contributed by atoms with Gasteiger partial charge in [0.25, 0.3) is 0 Å². The summed E-state index contributed by atoms with van der Waals surface area (Å²) in [5.74, 6) is -0.996. The van der Waals surface area contributed by atoms with Crippen LogP contribution in [-0.2, 0) is 16.1 Å². The van der Waals surface area contributed by atoms with E-state index in [0.29, 0.717) is 51.6 Å². The molecular formula is C34H44FN7O4. The maximum atomic E-state index is 13.8. The highest BCUT2D eigenvalue weighted by molar-refractivity contribution is 5.96. The standard InChI is InChI=1S/C34H44FN7O4/c35-25-8-6-9-26(21-25)36-33(45)37-30(32(44)41-19-11-27(12-20-41)39-15-4-1-5-16-39)22-31(43)40-17-13-28(14-18-40)42-23-24-7-2-3-10-29(24)38-34(42)46/h2-3,6-10,21,27-28,30H,1,4-5,11-20,22-23H2,(H,38,46)(H2,36,37,45)/t30-/m0/s1. The van der Waals surface area contributed by atoms with E-state index in [1.807, 2.05) is 29.2 Å². The molecule has 246 valence electrons. The molecule has 0 radical (unpaired) electrons. The SMILES string of the molecule is O=C(Nc1cccc(F)c1)N[C@@H](CC(=O)N1CCC(N2Cc3ccccc3NC2=O)CC1)C(=O)N1CCC(N2CCCCC2)CC1. The summed E-state index contributed by atoms with van der Waals surface area (Å²) in [5, 5.41) is 8.28. The van der Waals surface area contributed by atoms with E-state index in [0.717, 1.165) is 37.2 Å². The zero-order valence-corrected chi connectivity index (χ0v) is 26.3. The van der Waals surface area contributed by atoms with Crippen LogP contribution >= 0.6 is 0 Å². The Balaban J connectivity index is 1.07. The van der Waals surface area contributed by atoms with Crippen molar-refractivity contribution in [3.05, 3.63) is 59.9 Å². The van der Waals surface area contributed by atoms with Gasteiger partial charge in [-0.25, -0.2) is 14.0 Å². The number of nitrogens with one attached hydrogen (secondary N) is 3. The highest BCUT2D eigenvalue weighted by atomic mass is 19.1. The summed E-state index contributed by atoms with van der Waals surface area (Å²) in [6, 6.07) is 11.8. The van der Waals surface area contributed by atoms with Crippen LogP contribution in [0, 0.1) is 5.82 Å². The fraction of sp³-hybridized carbons (Fsp3) is 0.529. The second-order valence-corrected chi connectivity index (χ2v) is 12.8. The molecule has 2 aromatic rings. The van der Waals surface area contributed by atoms with E-state index in [1.54, 1.807) is 15.9 Å². The van der Waals surface area contributed by atoms with Crippen LogP contribution in [0.1, 0.15) is 56.9 Å². The largest absolute Gasteiger partial charge is 0.342 e. The van der Waals surface area contributed by atoms with Crippen LogP contribution in [0.3, 0.4) is 0 Å². The van der Waals surface area contributed by atoms with Gasteiger partial charge < -0.3 is 35.6 Å². The van der Waals surface area contributed by atoms with Gasteiger partial charge in [0, 0.05) is 56.2 Å². The Kier molecular flexibility index (Phi) is 10.0. The first kappa shape index (κ1) is 31.8. The minimum absolute atomic E-state index is 0.00814. The smallest absolute Gasteiger partial charge is 0.322 e. The van der Waals surface area contributed by atoms with Crippen molar-refractivity contribution in [3.63, 3.8) is 0 Å². The van der Waals surface area contributed by atoms with Crippen molar-refractivity contribution in [1.82, 2.24) is 24.9 Å². The lowest BCUT2D eigenvalue weighted by Crippen LogP contribution is -2.56. The zero-order valence-electron chi connectivity index (χ0n) is 26.3. The van der Waals surface area contributed by atoms with E-state index in [2.05, 4.69) is 20.9 Å². The van der Waals surface area contributed by atoms with Gasteiger partial charge in [0.1, 0.15) is 11.9 Å². The molecule has 0 aromatic heterocycles. The second-order valence-electron chi connectivity index (χ2n) is 12.8. The minimum atomic E-state index is -1.06. The average molecular weight is 634 g/mol. The van der Waals surface area contributed by atoms with Crippen molar-refractivity contribution in [1.29, 1.82) is 0 Å². The van der Waals surface area contributed by atoms with Crippen molar-refractivity contribution in [2.24, 2.45) is 0 Å². The molecule has 11 nitrogen and oxygen atoms in total. The molecule has 3 saturated heterocycles. The molecule has 46 heavy (non-hydrogen) atoms. The molecule has 4 aliphatic heterocycles. The lowest BCUT2D eigenvalue weighted by Gasteiger charge is -2.41. The number of anilines is 2. The van der Waals surface area contributed by atoms with Gasteiger partial charge in [-0.1, -0.05) is 30.7 Å². The Bertz CT molecular complexity index is 1420. The molecule has 0 spiro atoms. The van der Waals surface area contributed by atoms with Gasteiger partial charge >= 0.3 is 12.1 Å². The van der Waals surface area contributed by atoms with Crippen LogP contribution in [0.5, 0.6) is 0 Å². The molecule has 0 saturated carbocycles. The van der Waals surface area contributed by atoms with Crippen LogP contribution in [0.25, 0.3) is 0 Å². The number of nitrogens with zero attached hydrogens (tertiary/aromatic N) is 4. The van der Waals surface area contributed by atoms with E-state index in [-0.39, 0.29) is 36.0 Å². The van der Waals surface area contributed by atoms with Crippen LogP contribution in [-0.4, -0.2) is 101 Å². The van der Waals surface area contributed by atoms with Gasteiger partial charge in [0.2, 0.25) is 11.8 Å². The molecule has 2 aromatic carbocycles. The number of urea groups is 2. The highest BCUT2D eigenvalue weighted by Gasteiger charge is 2.36. The Morgan fingerprint density at radius 3 is 2.28 bits per heavy atom. The third-order valence-electron chi connectivity index (χ3n) is 9.87. The summed E-state index contributed by atoms with van der Waals surface area (Å²) in [6.07, 6.45) is 6.49. The third kappa shape index (κ3) is 7.60. The number of rotatable bonds is 7. The average Bonchev–Trinajstić information content (AvgIpc) is 3.08. The van der Waals surface area contributed by atoms with Crippen molar-refractivity contribution < 1.29 is 23.6 Å². The highest BCUT2D eigenvalue weighted by Crippen LogP contribution is 2.28. The predicted molar refractivity (Wildman–Crippen MR) is 173 cm³/mol. The summed E-state index contributed by atoms with van der Waals surface area (Å²) in [6.45, 7) is 4.78. The number of piperidine rings is 3. The maximum Gasteiger partial charge on any atom is 0.322 e. The van der Waals surface area contributed by atoms with Crippen LogP contribution < -0.4 is 16.0 Å². The molecular weight excluding hydrogens is 589 g/mol. The lowest BCUT2D eigenvalue weighted by atomic mass is 9.98. The Hall–Kier alpha value is -4.19. The predicted octanol–water partition coefficient (Wildman–Crippen LogP) is 4.22. The fourth-order valence-corrected chi connectivity index (χ4v) is 7.30. The van der Waals surface area contributed by atoms with Crippen molar-refractivity contribution in [2.75, 3.05) is 49.9 Å². The number of benzene rings is 2. The van der Waals surface area contributed by atoms with E-state index >= 15 is 0 Å². The number of amides is 6. The molecule has 0 unspecified atom stereocenters. The molecule has 3 N–H and O–H groups in total. The molecule has 4 aliphatic rings. The second kappa shape index (κ2) is 14.5. The van der Waals surface area contributed by atoms with Gasteiger partial charge in [-0.2, -0.15) is 0 Å². The first-order valence-corrected chi connectivity index (χ1v) is 16.6. The molecule has 3 fully saturated rings. The van der Waals surface area contributed by atoms with Crippen LogP contribution in [0.4, 0.5) is 25.4 Å². The normalized spacial score (nSPS) is 20.5.